The van der Waals surface area contributed by atoms with Gasteiger partial charge in [0.1, 0.15) is 0 Å². The number of benzene rings is 17. The first-order chi connectivity index (χ1) is 54.1. The highest BCUT2D eigenvalue weighted by Gasteiger charge is 2.58. The van der Waals surface area contributed by atoms with Crippen molar-refractivity contribution >= 4 is 79.0 Å². The molecule has 0 fully saturated rings. The minimum atomic E-state index is -0.719. The van der Waals surface area contributed by atoms with Gasteiger partial charge in [0.2, 0.25) is 0 Å². The molecule has 8 aliphatic rings. The summed E-state index contributed by atoms with van der Waals surface area (Å²) in [5, 5.41) is 2.44. The smallest absolute Gasteiger partial charge is 0.252 e. The van der Waals surface area contributed by atoms with E-state index in [9.17, 15) is 0 Å². The van der Waals surface area contributed by atoms with Gasteiger partial charge in [-0.1, -0.05) is 322 Å². The minimum Gasteiger partial charge on any atom is -0.311 e. The molecule has 1 aromatic heterocycles. The first-order valence-corrected chi connectivity index (χ1v) is 38.4. The Morgan fingerprint density at radius 1 is 0.211 bits per heavy atom. The lowest BCUT2D eigenvalue weighted by Gasteiger charge is -2.46. The van der Waals surface area contributed by atoms with Crippen LogP contribution in [0.5, 0.6) is 0 Å². The van der Waals surface area contributed by atoms with E-state index >= 15 is 0 Å². The Kier molecular flexibility index (Phi) is 11.2. The highest BCUT2D eigenvalue weighted by molar-refractivity contribution is 7.00. The second-order valence-electron chi connectivity index (χ2n) is 31.1. The molecule has 18 aromatic rings. The molecule has 6 aliphatic carbocycles. The normalized spacial score (nSPS) is 15.0. The molecule has 17 aromatic carbocycles. The topological polar surface area (TPSA) is 11.4 Å². The standard InChI is InChI=1S/C105H62BN3/c1-2-26-63(27-3-1)64-50-57-97-94(58-64)106-93-56-54-80-75-35-11-23-47-90(75)105(88-45-21-9-32-72(88)73-33-10-22-46-89(73)105)100(80)102(93)109(65-52-55-91-81(59-65)76-36-12-20-44-87(76)103(91)82-39-15-4-28-68(82)69-29-5-16-40-83(69)103)99-62-67(108-95-48-24-13-37-78(95)79-38-14-25-49-96(79)108)61-98(101(99)106)107(97)66-51-53-77-74-34-8-19-43-86(74)104(92(77)60-66)84-41-17-6-30-70(84)71-31-7-18-42-85(71)104/h1-62H. The van der Waals surface area contributed by atoms with Crippen molar-refractivity contribution in [2.24, 2.45) is 0 Å². The van der Waals surface area contributed by atoms with Crippen LogP contribution >= 0.6 is 0 Å². The van der Waals surface area contributed by atoms with Crippen LogP contribution in [0, 0.1) is 0 Å². The molecule has 3 spiro atoms. The number of fused-ring (bicyclic) bond motifs is 38. The molecule has 3 nitrogen and oxygen atoms in total. The van der Waals surface area contributed by atoms with Crippen molar-refractivity contribution in [3.8, 4) is 83.6 Å². The Morgan fingerprint density at radius 2 is 0.587 bits per heavy atom. The Bertz CT molecular complexity index is 6950. The van der Waals surface area contributed by atoms with E-state index in [-0.39, 0.29) is 6.71 Å². The van der Waals surface area contributed by atoms with Crippen molar-refractivity contribution in [1.82, 2.24) is 4.57 Å². The van der Waals surface area contributed by atoms with Gasteiger partial charge in [-0.25, -0.2) is 0 Å². The molecule has 0 unspecified atom stereocenters. The summed E-state index contributed by atoms with van der Waals surface area (Å²) in [7, 11) is 0. The van der Waals surface area contributed by atoms with Crippen LogP contribution in [-0.2, 0) is 16.2 Å². The summed E-state index contributed by atoms with van der Waals surface area (Å²) in [6.45, 7) is -0.264. The predicted octanol–water partition coefficient (Wildman–Crippen LogP) is 23.6. The van der Waals surface area contributed by atoms with Gasteiger partial charge in [-0.3, -0.25) is 0 Å². The summed E-state index contributed by atoms with van der Waals surface area (Å²) in [6.07, 6.45) is 0. The van der Waals surface area contributed by atoms with Gasteiger partial charge in [0.25, 0.3) is 6.71 Å². The third kappa shape index (κ3) is 6.96. The second kappa shape index (κ2) is 20.8. The lowest BCUT2D eigenvalue weighted by atomic mass is 9.33. The quantitative estimate of drug-likeness (QED) is 0.163. The van der Waals surface area contributed by atoms with Gasteiger partial charge in [0, 0.05) is 50.5 Å². The zero-order valence-corrected chi connectivity index (χ0v) is 59.2. The fourth-order valence-electron chi connectivity index (χ4n) is 22.8. The molecule has 500 valence electrons. The van der Waals surface area contributed by atoms with Gasteiger partial charge in [0.05, 0.1) is 33.0 Å². The second-order valence-corrected chi connectivity index (χ2v) is 31.1. The molecule has 0 saturated carbocycles. The van der Waals surface area contributed by atoms with Crippen LogP contribution in [0.1, 0.15) is 66.8 Å². The van der Waals surface area contributed by atoms with E-state index in [4.69, 9.17) is 0 Å². The van der Waals surface area contributed by atoms with E-state index in [1.165, 1.54) is 177 Å². The number of para-hydroxylation sites is 2. The van der Waals surface area contributed by atoms with E-state index in [1.807, 2.05) is 0 Å². The Morgan fingerprint density at radius 3 is 1.09 bits per heavy atom. The number of hydrogen-bond donors (Lipinski definition) is 0. The maximum absolute atomic E-state index is 2.80. The molecule has 0 atom stereocenters. The molecule has 0 saturated heterocycles. The third-order valence-electron chi connectivity index (χ3n) is 26.6. The summed E-state index contributed by atoms with van der Waals surface area (Å²) in [5.74, 6) is 0. The fraction of sp³-hybridized carbons (Fsp3) is 0.0286. The number of rotatable bonds is 4. The summed E-state index contributed by atoms with van der Waals surface area (Å²) in [4.78, 5) is 5.49. The van der Waals surface area contributed by atoms with E-state index in [0.717, 1.165) is 45.2 Å². The van der Waals surface area contributed by atoms with Crippen LogP contribution in [0.25, 0.3) is 105 Å². The number of nitrogens with zero attached hydrogens (tertiary/aromatic N) is 3. The fourth-order valence-corrected chi connectivity index (χ4v) is 22.8. The van der Waals surface area contributed by atoms with E-state index in [2.05, 4.69) is 390 Å². The molecule has 0 amide bonds. The van der Waals surface area contributed by atoms with Crippen molar-refractivity contribution in [2.45, 2.75) is 16.2 Å². The number of anilines is 6. The number of aromatic nitrogens is 1. The maximum Gasteiger partial charge on any atom is 0.252 e. The van der Waals surface area contributed by atoms with E-state index in [0.29, 0.717) is 0 Å². The maximum atomic E-state index is 2.80. The minimum absolute atomic E-state index is 0.264. The van der Waals surface area contributed by atoms with Gasteiger partial charge in [-0.2, -0.15) is 0 Å². The van der Waals surface area contributed by atoms with Crippen molar-refractivity contribution in [1.29, 1.82) is 0 Å². The molecule has 0 radical (unpaired) electrons. The highest BCUT2D eigenvalue weighted by atomic mass is 15.2. The molecule has 0 bridgehead atoms. The molecular formula is C105H62BN3. The zero-order chi connectivity index (χ0) is 70.7. The van der Waals surface area contributed by atoms with Gasteiger partial charge in [0.15, 0.2) is 0 Å². The first kappa shape index (κ1) is 58.5. The Labute approximate surface area is 631 Å². The lowest BCUT2D eigenvalue weighted by Crippen LogP contribution is -2.62. The summed E-state index contributed by atoms with van der Waals surface area (Å²) < 4.78 is 2.57. The molecule has 26 rings (SSSR count). The Hall–Kier alpha value is -13.8. The van der Waals surface area contributed by atoms with Crippen LogP contribution in [0.3, 0.4) is 0 Å². The molecule has 3 heterocycles. The van der Waals surface area contributed by atoms with Gasteiger partial charge in [-0.15, -0.1) is 0 Å². The van der Waals surface area contributed by atoms with Crippen LogP contribution in [0.2, 0.25) is 0 Å². The molecule has 0 N–H and O–H groups in total. The Balaban J connectivity index is 0.830. The van der Waals surface area contributed by atoms with Gasteiger partial charge >= 0.3 is 0 Å². The van der Waals surface area contributed by atoms with E-state index in [1.54, 1.807) is 0 Å². The molecule has 2 aliphatic heterocycles. The van der Waals surface area contributed by atoms with Crippen LogP contribution in [0.4, 0.5) is 34.1 Å². The molecule has 109 heavy (non-hydrogen) atoms. The monoisotopic (exact) mass is 1380 g/mol. The average molecular weight is 1380 g/mol. The summed E-state index contributed by atoms with van der Waals surface area (Å²) in [6, 6.07) is 146. The van der Waals surface area contributed by atoms with Gasteiger partial charge < -0.3 is 14.4 Å². The van der Waals surface area contributed by atoms with Crippen molar-refractivity contribution in [3.63, 3.8) is 0 Å². The largest absolute Gasteiger partial charge is 0.311 e. The highest BCUT2D eigenvalue weighted by Crippen LogP contribution is 2.69. The van der Waals surface area contributed by atoms with Crippen LogP contribution in [0.15, 0.2) is 376 Å². The van der Waals surface area contributed by atoms with Crippen molar-refractivity contribution in [2.75, 3.05) is 9.80 Å². The van der Waals surface area contributed by atoms with Crippen LogP contribution in [-0.4, -0.2) is 11.3 Å². The first-order valence-electron chi connectivity index (χ1n) is 38.4. The third-order valence-corrected chi connectivity index (χ3v) is 26.6. The summed E-state index contributed by atoms with van der Waals surface area (Å²) >= 11 is 0. The number of hydrogen-bond acceptors (Lipinski definition) is 2. The van der Waals surface area contributed by atoms with Crippen molar-refractivity contribution < 1.29 is 0 Å². The summed E-state index contributed by atoms with van der Waals surface area (Å²) in [5.41, 5.74) is 45.8. The lowest BCUT2D eigenvalue weighted by molar-refractivity contribution is 0.792. The van der Waals surface area contributed by atoms with Gasteiger partial charge in [-0.05, 0) is 210 Å². The zero-order valence-electron chi connectivity index (χ0n) is 59.2. The van der Waals surface area contributed by atoms with Crippen molar-refractivity contribution in [3.05, 3.63) is 443 Å². The van der Waals surface area contributed by atoms with E-state index < -0.39 is 16.2 Å². The molecular weight excluding hydrogens is 1310 g/mol. The average Bonchev–Trinajstić information content (AvgIpc) is 1.56. The molecule has 4 heteroatoms. The predicted molar refractivity (Wildman–Crippen MR) is 449 cm³/mol. The SMILES string of the molecule is c1ccc(-c2ccc3c(c2)B2c4ccc5c(c4N(c4ccc6c(c4)-c4ccccc4C64c6ccccc6-c6ccccc64)c4cc(-n6c7ccccc7c7ccccc76)cc(c42)N3c2ccc3c(c2)C2(c4ccccc4-c4ccccc42)c2ccccc2-3)C2(c3ccccc3-c3ccccc32)c2ccccc2-5)cc1. The van der Waals surface area contributed by atoms with Crippen LogP contribution < -0.4 is 26.2 Å².